The number of carbonyl (C=O) groups excluding carboxylic acids is 5. The maximum atomic E-state index is 15.2. The number of imidazole rings is 1. The number of nitrogens with one attached hydrogen (secondary N) is 1. The number of aromatic nitrogens is 4. The molecule has 5 aliphatic heterocycles. The van der Waals surface area contributed by atoms with Gasteiger partial charge < -0.3 is 83.2 Å². The maximum absolute atomic E-state index is 15.2. The third kappa shape index (κ3) is 13.0. The first kappa shape index (κ1) is 64.9. The third-order valence-corrected chi connectivity index (χ3v) is 18.6. The number of aliphatic hydroxyl groups excluding tert-OH is 2. The number of hydrogen-bond acceptors (Lipinski definition) is 20. The highest BCUT2D eigenvalue weighted by molar-refractivity contribution is 6.39. The zero-order valence-electron chi connectivity index (χ0n) is 50.0. The minimum Gasteiger partial charge on any atom is -0.458 e. The summed E-state index contributed by atoms with van der Waals surface area (Å²) in [6, 6.07) is -2.04. The van der Waals surface area contributed by atoms with Crippen molar-refractivity contribution < 1.29 is 76.8 Å². The van der Waals surface area contributed by atoms with Crippen LogP contribution in [0.25, 0.3) is 11.0 Å². The standard InChI is InChI=1S/C57H83Cl2N9O16/c1-13-39-57(9)46(68(54(75)84-57)18-14-17-67-28-63-42-43(67)34(25-62-49(42)60)50(72)64-41-35(58)26-61-27-36(41)59)30(3)38(69)15-16-55(7,76-11)48(83-52-44(70)37(23-29(2)79-52)65(10)53(74)66-19-21-78-22-20-66)31(4)45(32(5)51(73)81-39)82-40-24-56(8,77-12)47(71)33(6)80-40/h25-33,37,39-40,44-48,52,70-71H,13-24H2,1-12H3,(H2,60,62)(H,61,64,72)/t29-,30+,31?,32-,33+,37+,39-,40+,44-,45+,46-,47+,48-,52+,55-,56-,57-/m1/s1. The molecule has 0 bridgehead atoms. The van der Waals surface area contributed by atoms with Crippen molar-refractivity contribution in [3.8, 4) is 0 Å². The fraction of sp³-hybridized carbons (Fsp3) is 0.719. The highest BCUT2D eigenvalue weighted by Crippen LogP contribution is 2.45. The number of aryl methyl sites for hydroxylation is 1. The van der Waals surface area contributed by atoms with E-state index < -0.39 is 120 Å². The summed E-state index contributed by atoms with van der Waals surface area (Å²) in [7, 11) is 4.60. The van der Waals surface area contributed by atoms with Gasteiger partial charge in [-0.3, -0.25) is 19.4 Å². The number of ether oxygens (including phenoxy) is 9. The summed E-state index contributed by atoms with van der Waals surface area (Å²) in [6.07, 6.45) is -4.09. The minimum atomic E-state index is -1.59. The SMILES string of the molecule is CC[C@H]1OC(=O)[C@H](C)[C@@H](O[C@H]2C[C@@](C)(OC)[C@@H](O)[C@H](C)O2)C(C)[C@@H](O[C@@H]2O[C@H](C)C[C@H](N(C)C(=O)N3CCOCC3)[C@H]2O)[C@](C)(OC)CCC(=O)[C@H](C)[C@H]2N(CCCn3cnc4c(N)ncc(C(=O)Nc5c(Cl)cncc5Cl)c43)C(=O)O[C@]12C. The van der Waals surface area contributed by atoms with Crippen LogP contribution in [0.1, 0.15) is 111 Å². The number of nitrogen functional groups attached to an aromatic ring is 1. The molecule has 5 saturated heterocycles. The Morgan fingerprint density at radius 2 is 1.61 bits per heavy atom. The Labute approximate surface area is 499 Å². The molecule has 8 heterocycles. The Balaban J connectivity index is 1.12. The number of Topliss-reactive ketones (excluding diaryl/α,β-unsaturated/α-hetero) is 1. The number of halogens is 2. The molecule has 5 N–H and O–H groups in total. The second kappa shape index (κ2) is 26.5. The van der Waals surface area contributed by atoms with E-state index in [4.69, 9.17) is 71.6 Å². The molecule has 0 saturated carbocycles. The van der Waals surface area contributed by atoms with Gasteiger partial charge in [0.1, 0.15) is 29.6 Å². The number of carbonyl (C=O) groups is 5. The average Bonchev–Trinajstić information content (AvgIpc) is 3.20. The Kier molecular flexibility index (Phi) is 20.5. The second-order valence-electron chi connectivity index (χ2n) is 23.6. The summed E-state index contributed by atoms with van der Waals surface area (Å²) in [6.45, 7) is 17.4. The molecule has 3 aromatic rings. The van der Waals surface area contributed by atoms with Crippen LogP contribution in [0, 0.1) is 17.8 Å². The molecule has 27 heteroatoms. The molecule has 0 radical (unpaired) electrons. The third-order valence-electron chi connectivity index (χ3n) is 18.1. The van der Waals surface area contributed by atoms with Crippen molar-refractivity contribution >= 4 is 75.5 Å². The van der Waals surface area contributed by atoms with E-state index in [9.17, 15) is 24.6 Å². The van der Waals surface area contributed by atoms with Crippen LogP contribution in [0.5, 0.6) is 0 Å². The summed E-state index contributed by atoms with van der Waals surface area (Å²) < 4.78 is 59.1. The van der Waals surface area contributed by atoms with Crippen LogP contribution in [0.4, 0.5) is 21.1 Å². The predicted molar refractivity (Wildman–Crippen MR) is 306 cm³/mol. The van der Waals surface area contributed by atoms with E-state index in [0.29, 0.717) is 31.8 Å². The lowest BCUT2D eigenvalue weighted by atomic mass is 9.75. The summed E-state index contributed by atoms with van der Waals surface area (Å²) >= 11 is 12.7. The van der Waals surface area contributed by atoms with Crippen LogP contribution in [-0.2, 0) is 58.8 Å². The van der Waals surface area contributed by atoms with E-state index in [2.05, 4.69) is 20.3 Å². The highest BCUT2D eigenvalue weighted by Gasteiger charge is 2.60. The molecule has 5 fully saturated rings. The first-order chi connectivity index (χ1) is 39.7. The molecule has 25 nitrogen and oxygen atoms in total. The number of anilines is 2. The lowest BCUT2D eigenvalue weighted by molar-refractivity contribution is -0.318. The van der Waals surface area contributed by atoms with E-state index in [0.717, 1.165) is 0 Å². The van der Waals surface area contributed by atoms with Gasteiger partial charge in [0.15, 0.2) is 24.0 Å². The van der Waals surface area contributed by atoms with Gasteiger partial charge in [0.25, 0.3) is 5.91 Å². The van der Waals surface area contributed by atoms with Crippen LogP contribution < -0.4 is 11.1 Å². The van der Waals surface area contributed by atoms with Crippen LogP contribution in [0.3, 0.4) is 0 Å². The number of esters is 1. The van der Waals surface area contributed by atoms with Gasteiger partial charge in [0.2, 0.25) is 0 Å². The molecule has 17 atom stereocenters. The van der Waals surface area contributed by atoms with Crippen LogP contribution >= 0.6 is 23.2 Å². The Morgan fingerprint density at radius 3 is 2.26 bits per heavy atom. The zero-order chi connectivity index (χ0) is 61.3. The fourth-order valence-corrected chi connectivity index (χ4v) is 13.4. The van der Waals surface area contributed by atoms with Crippen LogP contribution in [-0.4, -0.2) is 213 Å². The van der Waals surface area contributed by atoms with E-state index in [1.54, 1.807) is 71.9 Å². The van der Waals surface area contributed by atoms with Gasteiger partial charge in [-0.05, 0) is 67.2 Å². The molecule has 466 valence electrons. The van der Waals surface area contributed by atoms with Crippen molar-refractivity contribution in [1.29, 1.82) is 0 Å². The number of likely N-dealkylation sites (N-methyl/N-ethyl adjacent to an activating group) is 1. The highest BCUT2D eigenvalue weighted by atomic mass is 35.5. The number of aliphatic hydroxyl groups is 2. The average molecular weight is 1220 g/mol. The number of morpholine rings is 1. The van der Waals surface area contributed by atoms with Crippen molar-refractivity contribution in [3.63, 3.8) is 0 Å². The monoisotopic (exact) mass is 1220 g/mol. The predicted octanol–water partition coefficient (Wildman–Crippen LogP) is 5.86. The number of amides is 4. The van der Waals surface area contributed by atoms with E-state index in [1.165, 1.54) is 48.9 Å². The first-order valence-electron chi connectivity index (χ1n) is 28.8. The Morgan fingerprint density at radius 1 is 0.929 bits per heavy atom. The van der Waals surface area contributed by atoms with Gasteiger partial charge >= 0.3 is 18.1 Å². The smallest absolute Gasteiger partial charge is 0.410 e. The van der Waals surface area contributed by atoms with E-state index >= 15 is 9.59 Å². The zero-order valence-corrected chi connectivity index (χ0v) is 51.5. The molecule has 0 aromatic carbocycles. The van der Waals surface area contributed by atoms with Gasteiger partial charge in [-0.2, -0.15) is 0 Å². The summed E-state index contributed by atoms with van der Waals surface area (Å²) in [4.78, 5) is 89.9. The van der Waals surface area contributed by atoms with Crippen LogP contribution in [0.2, 0.25) is 10.0 Å². The number of fused-ring (bicyclic) bond motifs is 2. The number of methoxy groups -OCH3 is 2. The minimum absolute atomic E-state index is 0.0198. The summed E-state index contributed by atoms with van der Waals surface area (Å²) in [5, 5.41) is 26.5. The molecule has 84 heavy (non-hydrogen) atoms. The number of ketones is 1. The summed E-state index contributed by atoms with van der Waals surface area (Å²) in [5.74, 6) is -4.45. The van der Waals surface area contributed by atoms with Gasteiger partial charge in [-0.25, -0.2) is 19.6 Å². The number of rotatable bonds is 14. The molecule has 8 rings (SSSR count). The van der Waals surface area contributed by atoms with E-state index in [-0.39, 0.29) is 96.1 Å². The van der Waals surface area contributed by atoms with E-state index in [1.807, 2.05) is 6.92 Å². The number of nitrogens with two attached hydrogens (primary N) is 1. The molecule has 1 unspecified atom stereocenters. The van der Waals surface area contributed by atoms with Crippen molar-refractivity contribution in [1.82, 2.24) is 34.2 Å². The Bertz CT molecular complexity index is 2850. The number of nitrogens with zero attached hydrogens (tertiary/aromatic N) is 7. The van der Waals surface area contributed by atoms with Crippen molar-refractivity contribution in [2.45, 2.75) is 192 Å². The molecule has 5 aliphatic rings. The van der Waals surface area contributed by atoms with Crippen molar-refractivity contribution in [2.75, 3.05) is 65.2 Å². The van der Waals surface area contributed by atoms with Crippen molar-refractivity contribution in [3.05, 3.63) is 40.5 Å². The second-order valence-corrected chi connectivity index (χ2v) is 24.4. The molecule has 0 aliphatic carbocycles. The molecule has 4 amide bonds. The fourth-order valence-electron chi connectivity index (χ4n) is 12.9. The number of hydrogen-bond donors (Lipinski definition) is 4. The molecule has 3 aromatic heterocycles. The molecule has 0 spiro atoms. The lowest BCUT2D eigenvalue weighted by Gasteiger charge is -2.49. The lowest BCUT2D eigenvalue weighted by Crippen LogP contribution is -2.62. The van der Waals surface area contributed by atoms with Crippen LogP contribution in [0.15, 0.2) is 24.9 Å². The van der Waals surface area contributed by atoms with Gasteiger partial charge in [0.05, 0.1) is 100.0 Å². The number of cyclic esters (lactones) is 1. The van der Waals surface area contributed by atoms with Crippen molar-refractivity contribution in [2.24, 2.45) is 17.8 Å². The quantitative estimate of drug-likeness (QED) is 0.138. The summed E-state index contributed by atoms with van der Waals surface area (Å²) in [5.41, 5.74) is 3.01. The van der Waals surface area contributed by atoms with Gasteiger partial charge in [-0.15, -0.1) is 0 Å². The number of urea groups is 1. The molecular formula is C57H83Cl2N9O16. The maximum Gasteiger partial charge on any atom is 0.410 e. The normalized spacial score (nSPS) is 35.5. The Hall–Kier alpha value is -5.06. The largest absolute Gasteiger partial charge is 0.458 e. The molecular weight excluding hydrogens is 1140 g/mol. The first-order valence-corrected chi connectivity index (χ1v) is 29.6. The van der Waals surface area contributed by atoms with Gasteiger partial charge in [-0.1, -0.05) is 44.0 Å². The topological polar surface area (TPSA) is 300 Å². The van der Waals surface area contributed by atoms with Gasteiger partial charge in [0, 0.05) is 90.7 Å². The number of pyridine rings is 2.